The van der Waals surface area contributed by atoms with Crippen LogP contribution in [0, 0.1) is 0 Å². The first-order chi connectivity index (χ1) is 9.60. The third-order valence-corrected chi connectivity index (χ3v) is 3.58. The van der Waals surface area contributed by atoms with Gasteiger partial charge < -0.3 is 15.4 Å². The van der Waals surface area contributed by atoms with Gasteiger partial charge in [-0.15, -0.1) is 0 Å². The molecule has 21 heavy (non-hydrogen) atoms. The molecule has 1 aromatic rings. The van der Waals surface area contributed by atoms with Gasteiger partial charge in [-0.2, -0.15) is 13.2 Å². The van der Waals surface area contributed by atoms with E-state index in [1.54, 1.807) is 0 Å². The topological polar surface area (TPSA) is 38.5 Å². The van der Waals surface area contributed by atoms with Gasteiger partial charge in [0.05, 0.1) is 17.8 Å². The van der Waals surface area contributed by atoms with Gasteiger partial charge in [0.2, 0.25) is 0 Å². The maximum absolute atomic E-state index is 13.0. The molecule has 0 radical (unpaired) electrons. The minimum atomic E-state index is -4.47. The van der Waals surface area contributed by atoms with Crippen molar-refractivity contribution in [2.45, 2.75) is 25.6 Å². The molecule has 3 nitrogen and oxygen atoms in total. The Labute approximate surface area is 126 Å². The Bertz CT molecular complexity index is 558. The van der Waals surface area contributed by atoms with E-state index in [0.717, 1.165) is 6.07 Å². The number of halogens is 3. The predicted molar refractivity (Wildman–Crippen MR) is 79.6 cm³/mol. The number of ether oxygens (including phenoxy) is 1. The van der Waals surface area contributed by atoms with E-state index in [0.29, 0.717) is 25.4 Å². The van der Waals surface area contributed by atoms with Crippen molar-refractivity contribution in [3.8, 4) is 0 Å². The van der Waals surface area contributed by atoms with Gasteiger partial charge in [0.25, 0.3) is 0 Å². The Hall–Kier alpha value is -1.34. The van der Waals surface area contributed by atoms with Gasteiger partial charge in [0.1, 0.15) is 4.99 Å². The average molecular weight is 318 g/mol. The number of hydrogen-bond acceptors (Lipinski definition) is 3. The summed E-state index contributed by atoms with van der Waals surface area (Å²) in [6.07, 6.45) is -4.47. The largest absolute Gasteiger partial charge is 0.417 e. The van der Waals surface area contributed by atoms with E-state index in [1.807, 2.05) is 18.7 Å². The van der Waals surface area contributed by atoms with E-state index in [1.165, 1.54) is 12.1 Å². The first kappa shape index (κ1) is 16.0. The van der Waals surface area contributed by atoms with E-state index in [-0.39, 0.29) is 16.2 Å². The molecule has 0 atom stereocenters. The first-order valence-corrected chi connectivity index (χ1v) is 6.91. The first-order valence-electron chi connectivity index (χ1n) is 6.50. The Morgan fingerprint density at radius 1 is 1.38 bits per heavy atom. The Balaban J connectivity index is 2.39. The predicted octanol–water partition coefficient (Wildman–Crippen LogP) is 2.95. The lowest BCUT2D eigenvalue weighted by Gasteiger charge is -2.39. The van der Waals surface area contributed by atoms with Crippen molar-refractivity contribution in [2.75, 3.05) is 24.6 Å². The number of rotatable bonds is 2. The van der Waals surface area contributed by atoms with Gasteiger partial charge in [-0.25, -0.2) is 0 Å². The highest BCUT2D eigenvalue weighted by molar-refractivity contribution is 7.80. The van der Waals surface area contributed by atoms with Crippen LogP contribution in [0.15, 0.2) is 18.2 Å². The van der Waals surface area contributed by atoms with Crippen molar-refractivity contribution in [3.63, 3.8) is 0 Å². The molecule has 1 fully saturated rings. The maximum atomic E-state index is 13.0. The van der Waals surface area contributed by atoms with E-state index in [2.05, 4.69) is 0 Å². The molecule has 1 aliphatic rings. The summed E-state index contributed by atoms with van der Waals surface area (Å²) in [7, 11) is 0. The molecule has 7 heteroatoms. The van der Waals surface area contributed by atoms with Crippen molar-refractivity contribution < 1.29 is 17.9 Å². The number of alkyl halides is 3. The number of nitrogens with two attached hydrogens (primary N) is 1. The summed E-state index contributed by atoms with van der Waals surface area (Å²) in [6, 6.07) is 3.89. The van der Waals surface area contributed by atoms with Crippen LogP contribution in [-0.2, 0) is 10.9 Å². The minimum Gasteiger partial charge on any atom is -0.389 e. The maximum Gasteiger partial charge on any atom is 0.417 e. The molecule has 1 aliphatic heterocycles. The highest BCUT2D eigenvalue weighted by Crippen LogP contribution is 2.34. The van der Waals surface area contributed by atoms with Crippen molar-refractivity contribution in [1.29, 1.82) is 0 Å². The van der Waals surface area contributed by atoms with Crippen LogP contribution in [0.4, 0.5) is 18.9 Å². The second kappa shape index (κ2) is 5.46. The molecule has 1 heterocycles. The van der Waals surface area contributed by atoms with E-state index in [4.69, 9.17) is 22.7 Å². The van der Waals surface area contributed by atoms with Crippen LogP contribution in [0.5, 0.6) is 0 Å². The van der Waals surface area contributed by atoms with Gasteiger partial charge in [-0.3, -0.25) is 0 Å². The van der Waals surface area contributed by atoms with Crippen molar-refractivity contribution in [3.05, 3.63) is 29.3 Å². The standard InChI is InChI=1S/C14H17F3N2OS/c1-13(2)8-19(5-6-20-13)9-3-4-11(14(15,16)17)10(7-9)12(18)21/h3-4,7H,5-6,8H2,1-2H3,(H2,18,21). The molecule has 0 amide bonds. The van der Waals surface area contributed by atoms with Crippen LogP contribution in [0.2, 0.25) is 0 Å². The number of anilines is 1. The monoisotopic (exact) mass is 318 g/mol. The molecule has 0 spiro atoms. The van der Waals surface area contributed by atoms with Gasteiger partial charge in [0, 0.05) is 24.3 Å². The van der Waals surface area contributed by atoms with Gasteiger partial charge in [0.15, 0.2) is 0 Å². The zero-order valence-corrected chi connectivity index (χ0v) is 12.6. The van der Waals surface area contributed by atoms with Crippen molar-refractivity contribution in [2.24, 2.45) is 5.73 Å². The summed E-state index contributed by atoms with van der Waals surface area (Å²) in [5.41, 5.74) is 4.84. The van der Waals surface area contributed by atoms with Gasteiger partial charge in [-0.05, 0) is 32.0 Å². The Kier molecular flexibility index (Phi) is 4.17. The van der Waals surface area contributed by atoms with Gasteiger partial charge in [-0.1, -0.05) is 12.2 Å². The normalized spacial score (nSPS) is 18.6. The van der Waals surface area contributed by atoms with Crippen LogP contribution >= 0.6 is 12.2 Å². The Morgan fingerprint density at radius 2 is 2.05 bits per heavy atom. The molecule has 0 saturated carbocycles. The molecule has 2 N–H and O–H groups in total. The lowest BCUT2D eigenvalue weighted by molar-refractivity contribution is -0.137. The van der Waals surface area contributed by atoms with Crippen LogP contribution in [0.1, 0.15) is 25.0 Å². The summed E-state index contributed by atoms with van der Waals surface area (Å²) < 4.78 is 44.5. The molecule has 0 unspecified atom stereocenters. The third-order valence-electron chi connectivity index (χ3n) is 3.36. The third kappa shape index (κ3) is 3.65. The van der Waals surface area contributed by atoms with E-state index >= 15 is 0 Å². The zero-order chi connectivity index (χ0) is 15.8. The smallest absolute Gasteiger partial charge is 0.389 e. The van der Waals surface area contributed by atoms with Crippen LogP contribution in [-0.4, -0.2) is 30.3 Å². The highest BCUT2D eigenvalue weighted by atomic mass is 32.1. The Morgan fingerprint density at radius 3 is 2.57 bits per heavy atom. The molecule has 2 rings (SSSR count). The second-order valence-corrected chi connectivity index (χ2v) is 6.06. The number of morpholine rings is 1. The van der Waals surface area contributed by atoms with Crippen molar-refractivity contribution in [1.82, 2.24) is 0 Å². The van der Waals surface area contributed by atoms with Gasteiger partial charge >= 0.3 is 6.18 Å². The van der Waals surface area contributed by atoms with E-state index in [9.17, 15) is 13.2 Å². The molecule has 1 saturated heterocycles. The molecule has 1 aromatic carbocycles. The minimum absolute atomic E-state index is 0.140. The summed E-state index contributed by atoms with van der Waals surface area (Å²) in [5.74, 6) is 0. The molecule has 0 bridgehead atoms. The summed E-state index contributed by atoms with van der Waals surface area (Å²) in [6.45, 7) is 5.62. The number of nitrogens with zero attached hydrogens (tertiary/aromatic N) is 1. The number of benzene rings is 1. The number of hydrogen-bond donors (Lipinski definition) is 1. The fraction of sp³-hybridized carbons (Fsp3) is 0.500. The average Bonchev–Trinajstić information content (AvgIpc) is 2.35. The number of thiocarbonyl (C=S) groups is 1. The highest BCUT2D eigenvalue weighted by Gasteiger charge is 2.35. The molecular formula is C14H17F3N2OS. The molecule has 0 aromatic heterocycles. The lowest BCUT2D eigenvalue weighted by Crippen LogP contribution is -2.48. The van der Waals surface area contributed by atoms with E-state index < -0.39 is 11.7 Å². The van der Waals surface area contributed by atoms with Crippen LogP contribution < -0.4 is 10.6 Å². The summed E-state index contributed by atoms with van der Waals surface area (Å²) in [4.78, 5) is 1.72. The summed E-state index contributed by atoms with van der Waals surface area (Å²) in [5, 5.41) is 0. The molecular weight excluding hydrogens is 301 g/mol. The zero-order valence-electron chi connectivity index (χ0n) is 11.8. The molecule has 116 valence electrons. The van der Waals surface area contributed by atoms with Crippen molar-refractivity contribution >= 4 is 22.9 Å². The second-order valence-electron chi connectivity index (χ2n) is 5.62. The molecule has 0 aliphatic carbocycles. The lowest BCUT2D eigenvalue weighted by atomic mass is 10.0. The summed E-state index contributed by atoms with van der Waals surface area (Å²) >= 11 is 4.76. The SMILES string of the molecule is CC1(C)CN(c2ccc(C(F)(F)F)c(C(N)=S)c2)CCO1. The fourth-order valence-corrected chi connectivity index (χ4v) is 2.59. The van der Waals surface area contributed by atoms with Crippen LogP contribution in [0.3, 0.4) is 0 Å². The van der Waals surface area contributed by atoms with Crippen LogP contribution in [0.25, 0.3) is 0 Å². The fourth-order valence-electron chi connectivity index (χ4n) is 2.42. The quantitative estimate of drug-likeness (QED) is 0.851.